The highest BCUT2D eigenvalue weighted by Crippen LogP contribution is 2.23. The monoisotopic (exact) mass is 489 g/mol. The molecule has 0 aliphatic carbocycles. The molecule has 3 rings (SSSR count). The quantitative estimate of drug-likeness (QED) is 0.234. The van der Waals surface area contributed by atoms with Gasteiger partial charge in [0.15, 0.2) is 0 Å². The van der Waals surface area contributed by atoms with Crippen LogP contribution in [-0.2, 0) is 13.0 Å². The van der Waals surface area contributed by atoms with Crippen LogP contribution in [-0.4, -0.2) is 46.7 Å². The Morgan fingerprint density at radius 2 is 1.49 bits per heavy atom. The third-order valence-electron chi connectivity index (χ3n) is 5.41. The number of ether oxygens (including phenoxy) is 2. The summed E-state index contributed by atoms with van der Waals surface area (Å²) in [5, 5.41) is 42.6. The molecule has 0 saturated carbocycles. The Kier molecular flexibility index (Phi) is 9.80. The third kappa shape index (κ3) is 8.18. The maximum absolute atomic E-state index is 12.2. The molecule has 5 N–H and O–H groups in total. The van der Waals surface area contributed by atoms with Gasteiger partial charge in [0.05, 0.1) is 12.7 Å². The molecular weight excluding hydrogens is 460 g/mol. The van der Waals surface area contributed by atoms with E-state index in [0.29, 0.717) is 35.5 Å². The van der Waals surface area contributed by atoms with Gasteiger partial charge in [0.25, 0.3) is 0 Å². The van der Waals surface area contributed by atoms with Crippen LogP contribution in [0, 0.1) is 0 Å². The van der Waals surface area contributed by atoms with Crippen molar-refractivity contribution < 1.29 is 38.7 Å². The van der Waals surface area contributed by atoms with Crippen LogP contribution in [0.3, 0.4) is 0 Å². The number of nitrogens with one attached hydrogen (secondary N) is 1. The molecule has 0 radical (unpaired) electrons. The van der Waals surface area contributed by atoms with Gasteiger partial charge in [0.1, 0.15) is 30.0 Å². The highest BCUT2D eigenvalue weighted by Gasteiger charge is 2.11. The number of rotatable bonds is 13. The van der Waals surface area contributed by atoms with Gasteiger partial charge in [-0.2, -0.15) is 8.78 Å². The number of hydrogen-bond donors (Lipinski definition) is 5. The number of aliphatic hydroxyl groups is 3. The number of hydrogen-bond acceptors (Lipinski definition) is 7. The minimum Gasteiger partial charge on any atom is -0.508 e. The van der Waals surface area contributed by atoms with Crippen LogP contribution in [0.4, 0.5) is 8.78 Å². The van der Waals surface area contributed by atoms with Crippen LogP contribution in [0.25, 0.3) is 0 Å². The first-order valence-electron chi connectivity index (χ1n) is 11.1. The van der Waals surface area contributed by atoms with E-state index in [2.05, 4.69) is 10.1 Å². The molecule has 35 heavy (non-hydrogen) atoms. The Balaban J connectivity index is 1.39. The van der Waals surface area contributed by atoms with Crippen molar-refractivity contribution in [2.75, 3.05) is 19.7 Å². The molecule has 0 aliphatic rings. The van der Waals surface area contributed by atoms with Gasteiger partial charge in [0, 0.05) is 12.1 Å². The lowest BCUT2D eigenvalue weighted by Gasteiger charge is -2.14. The number of benzene rings is 3. The van der Waals surface area contributed by atoms with Gasteiger partial charge >= 0.3 is 6.61 Å². The number of halogens is 2. The lowest BCUT2D eigenvalue weighted by atomic mass is 10.1. The van der Waals surface area contributed by atoms with E-state index in [0.717, 1.165) is 12.0 Å². The molecule has 0 bridgehead atoms. The zero-order valence-electron chi connectivity index (χ0n) is 19.0. The van der Waals surface area contributed by atoms with E-state index < -0.39 is 18.8 Å². The van der Waals surface area contributed by atoms with Gasteiger partial charge in [-0.25, -0.2) is 0 Å². The maximum Gasteiger partial charge on any atom is 0.387 e. The van der Waals surface area contributed by atoms with Gasteiger partial charge in [-0.3, -0.25) is 0 Å². The van der Waals surface area contributed by atoms with Crippen LogP contribution in [0.1, 0.15) is 34.5 Å². The summed E-state index contributed by atoms with van der Waals surface area (Å²) in [4.78, 5) is 0. The van der Waals surface area contributed by atoms with Crippen molar-refractivity contribution in [2.24, 2.45) is 0 Å². The summed E-state index contributed by atoms with van der Waals surface area (Å²) in [5.41, 5.74) is 2.56. The zero-order chi connectivity index (χ0) is 25.2. The fourth-order valence-electron chi connectivity index (χ4n) is 3.42. The number of alkyl halides is 2. The van der Waals surface area contributed by atoms with Crippen molar-refractivity contribution in [3.05, 3.63) is 89.0 Å². The average Bonchev–Trinajstić information content (AvgIpc) is 2.86. The molecule has 188 valence electrons. The molecule has 0 amide bonds. The van der Waals surface area contributed by atoms with E-state index in [-0.39, 0.29) is 24.7 Å². The Hall–Kier alpha value is -3.24. The molecule has 3 aromatic carbocycles. The first-order chi connectivity index (χ1) is 16.9. The first-order valence-corrected chi connectivity index (χ1v) is 11.1. The largest absolute Gasteiger partial charge is 0.508 e. The van der Waals surface area contributed by atoms with Gasteiger partial charge in [-0.05, 0) is 66.1 Å². The number of aromatic hydroxyl groups is 1. The number of phenols is 1. The summed E-state index contributed by atoms with van der Waals surface area (Å²) in [7, 11) is 0. The lowest BCUT2D eigenvalue weighted by molar-refractivity contribution is -0.0498. The van der Waals surface area contributed by atoms with E-state index in [1.165, 1.54) is 30.3 Å². The second-order valence-corrected chi connectivity index (χ2v) is 7.93. The van der Waals surface area contributed by atoms with Crippen molar-refractivity contribution >= 4 is 0 Å². The highest BCUT2D eigenvalue weighted by molar-refractivity contribution is 5.36. The van der Waals surface area contributed by atoms with Crippen molar-refractivity contribution in [1.29, 1.82) is 0 Å². The van der Waals surface area contributed by atoms with Crippen LogP contribution in [0.5, 0.6) is 17.2 Å². The third-order valence-corrected chi connectivity index (χ3v) is 5.41. The Bertz CT molecular complexity index is 1050. The van der Waals surface area contributed by atoms with E-state index in [1.807, 2.05) is 12.1 Å². The smallest absolute Gasteiger partial charge is 0.387 e. The fourth-order valence-corrected chi connectivity index (χ4v) is 3.42. The summed E-state index contributed by atoms with van der Waals surface area (Å²) in [6.45, 7) is -2.24. The molecule has 2 atom stereocenters. The van der Waals surface area contributed by atoms with Crippen LogP contribution >= 0.6 is 0 Å². The standard InChI is InChI=1S/C26H29F2NO6/c27-26(28)35-22-8-3-18(4-9-22)25(33)16-34-21-6-1-17(2-7-21)11-12-29-14-24(32)19-5-10-23(31)20(13-19)15-30/h1-10,13,24-26,29-33H,11-12,14-16H2. The Labute approximate surface area is 202 Å². The second-order valence-electron chi connectivity index (χ2n) is 7.93. The normalized spacial score (nSPS) is 13.0. The van der Waals surface area contributed by atoms with E-state index in [4.69, 9.17) is 4.74 Å². The zero-order valence-corrected chi connectivity index (χ0v) is 19.0. The van der Waals surface area contributed by atoms with Gasteiger partial charge in [0.2, 0.25) is 0 Å². The highest BCUT2D eigenvalue weighted by atomic mass is 19.3. The van der Waals surface area contributed by atoms with E-state index >= 15 is 0 Å². The molecule has 0 aliphatic heterocycles. The topological polar surface area (TPSA) is 111 Å². The second kappa shape index (κ2) is 13.0. The summed E-state index contributed by atoms with van der Waals surface area (Å²) in [6.07, 6.45) is -0.968. The van der Waals surface area contributed by atoms with E-state index in [1.54, 1.807) is 24.3 Å². The molecular formula is C26H29F2NO6. The van der Waals surface area contributed by atoms with Crippen LogP contribution < -0.4 is 14.8 Å². The van der Waals surface area contributed by atoms with Crippen molar-refractivity contribution in [2.45, 2.75) is 31.8 Å². The molecule has 0 aromatic heterocycles. The summed E-state index contributed by atoms with van der Waals surface area (Å²) >= 11 is 0. The van der Waals surface area contributed by atoms with Gasteiger partial charge < -0.3 is 35.2 Å². The first kappa shape index (κ1) is 26.4. The number of aliphatic hydroxyl groups excluding tert-OH is 3. The predicted octanol–water partition coefficient (Wildman–Crippen LogP) is 3.46. The van der Waals surface area contributed by atoms with Crippen molar-refractivity contribution in [3.8, 4) is 17.2 Å². The molecule has 3 aromatic rings. The maximum atomic E-state index is 12.2. The fraction of sp³-hybridized carbons (Fsp3) is 0.308. The predicted molar refractivity (Wildman–Crippen MR) is 126 cm³/mol. The molecule has 9 heteroatoms. The Morgan fingerprint density at radius 1 is 0.829 bits per heavy atom. The molecule has 7 nitrogen and oxygen atoms in total. The van der Waals surface area contributed by atoms with Gasteiger partial charge in [-0.1, -0.05) is 30.3 Å². The van der Waals surface area contributed by atoms with Crippen molar-refractivity contribution in [3.63, 3.8) is 0 Å². The van der Waals surface area contributed by atoms with Crippen LogP contribution in [0.15, 0.2) is 66.7 Å². The Morgan fingerprint density at radius 3 is 2.14 bits per heavy atom. The molecule has 0 heterocycles. The average molecular weight is 490 g/mol. The van der Waals surface area contributed by atoms with Crippen molar-refractivity contribution in [1.82, 2.24) is 5.32 Å². The van der Waals surface area contributed by atoms with Gasteiger partial charge in [-0.15, -0.1) is 0 Å². The molecule has 0 fully saturated rings. The minimum atomic E-state index is -2.90. The lowest BCUT2D eigenvalue weighted by Crippen LogP contribution is -2.23. The molecule has 0 spiro atoms. The molecule has 0 saturated heterocycles. The SMILES string of the molecule is OCc1cc(C(O)CNCCc2ccc(OCC(O)c3ccc(OC(F)F)cc3)cc2)ccc1O. The minimum absolute atomic E-state index is 0.00307. The summed E-state index contributed by atoms with van der Waals surface area (Å²) < 4.78 is 34.3. The van der Waals surface area contributed by atoms with E-state index in [9.17, 15) is 29.2 Å². The molecule has 2 unspecified atom stereocenters. The summed E-state index contributed by atoms with van der Waals surface area (Å²) in [6, 6.07) is 17.8. The van der Waals surface area contributed by atoms with Crippen LogP contribution in [0.2, 0.25) is 0 Å². The summed E-state index contributed by atoms with van der Waals surface area (Å²) in [5.74, 6) is 0.600.